The Balaban J connectivity index is 2.20. The van der Waals surface area contributed by atoms with Gasteiger partial charge in [-0.05, 0) is 17.4 Å². The van der Waals surface area contributed by atoms with Crippen LogP contribution in [0.4, 0.5) is 0 Å². The highest BCUT2D eigenvalue weighted by molar-refractivity contribution is 6.32. The van der Waals surface area contributed by atoms with E-state index in [4.69, 9.17) is 11.6 Å². The van der Waals surface area contributed by atoms with Crippen molar-refractivity contribution in [3.63, 3.8) is 0 Å². The van der Waals surface area contributed by atoms with Crippen LogP contribution in [-0.4, -0.2) is 5.78 Å². The zero-order valence-electron chi connectivity index (χ0n) is 10.3. The fourth-order valence-corrected chi connectivity index (χ4v) is 2.64. The molecule has 0 aromatic heterocycles. The lowest BCUT2D eigenvalue weighted by molar-refractivity contribution is -0.115. The molecule has 0 N–H and O–H groups in total. The van der Waals surface area contributed by atoms with Crippen molar-refractivity contribution in [1.29, 1.82) is 0 Å². The summed E-state index contributed by atoms with van der Waals surface area (Å²) >= 11 is 6.30. The first-order valence-electron chi connectivity index (χ1n) is 5.93. The van der Waals surface area contributed by atoms with Gasteiger partial charge in [0.05, 0.1) is 0 Å². The summed E-state index contributed by atoms with van der Waals surface area (Å²) < 4.78 is 0. The second-order valence-electron chi connectivity index (χ2n) is 5.49. The number of halogens is 1. The van der Waals surface area contributed by atoms with Gasteiger partial charge in [0, 0.05) is 23.4 Å². The summed E-state index contributed by atoms with van der Waals surface area (Å²) in [6.45, 7) is 4.23. The summed E-state index contributed by atoms with van der Waals surface area (Å²) in [6.07, 6.45) is 2.09. The third kappa shape index (κ3) is 2.98. The molecule has 90 valence electrons. The van der Waals surface area contributed by atoms with E-state index in [9.17, 15) is 4.79 Å². The van der Waals surface area contributed by atoms with Crippen molar-refractivity contribution in [2.75, 3.05) is 0 Å². The van der Waals surface area contributed by atoms with E-state index in [1.165, 1.54) is 0 Å². The molecule has 0 saturated heterocycles. The summed E-state index contributed by atoms with van der Waals surface area (Å²) in [7, 11) is 0. The van der Waals surface area contributed by atoms with Crippen molar-refractivity contribution in [1.82, 2.24) is 0 Å². The Morgan fingerprint density at radius 3 is 2.41 bits per heavy atom. The van der Waals surface area contributed by atoms with E-state index < -0.39 is 0 Å². The quantitative estimate of drug-likeness (QED) is 0.720. The monoisotopic (exact) mass is 248 g/mol. The van der Waals surface area contributed by atoms with E-state index in [2.05, 4.69) is 13.8 Å². The second kappa shape index (κ2) is 4.66. The lowest BCUT2D eigenvalue weighted by atomic mass is 9.91. The van der Waals surface area contributed by atoms with Gasteiger partial charge in [-0.1, -0.05) is 55.8 Å². The molecule has 1 aromatic carbocycles. The van der Waals surface area contributed by atoms with Crippen LogP contribution >= 0.6 is 11.6 Å². The molecule has 1 fully saturated rings. The molecule has 0 heterocycles. The number of benzene rings is 1. The van der Waals surface area contributed by atoms with Gasteiger partial charge < -0.3 is 0 Å². The van der Waals surface area contributed by atoms with Crippen LogP contribution in [0.1, 0.15) is 32.3 Å². The summed E-state index contributed by atoms with van der Waals surface area (Å²) in [5, 5.41) is 0.715. The van der Waals surface area contributed by atoms with Crippen molar-refractivity contribution in [2.45, 2.75) is 33.1 Å². The highest BCUT2D eigenvalue weighted by atomic mass is 35.5. The second-order valence-corrected chi connectivity index (χ2v) is 5.94. The van der Waals surface area contributed by atoms with Gasteiger partial charge in [-0.15, -0.1) is 0 Å². The third-order valence-electron chi connectivity index (χ3n) is 3.16. The van der Waals surface area contributed by atoms with Crippen molar-refractivity contribution >= 4 is 17.4 Å². The van der Waals surface area contributed by atoms with Crippen molar-refractivity contribution in [3.05, 3.63) is 46.5 Å². The van der Waals surface area contributed by atoms with Crippen LogP contribution in [0, 0.1) is 5.41 Å². The molecule has 0 spiro atoms. The number of hydrogen-bond acceptors (Lipinski definition) is 1. The molecule has 1 saturated carbocycles. The van der Waals surface area contributed by atoms with Crippen LogP contribution in [0.15, 0.2) is 40.9 Å². The fraction of sp³-hybridized carbons (Fsp3) is 0.400. The van der Waals surface area contributed by atoms with E-state index in [0.717, 1.165) is 17.6 Å². The van der Waals surface area contributed by atoms with E-state index >= 15 is 0 Å². The highest BCUT2D eigenvalue weighted by Crippen LogP contribution is 2.40. The Bertz CT molecular complexity index is 457. The van der Waals surface area contributed by atoms with Crippen LogP contribution < -0.4 is 0 Å². The predicted molar refractivity (Wildman–Crippen MR) is 71.0 cm³/mol. The molecular formula is C15H17ClO. The van der Waals surface area contributed by atoms with E-state index in [-0.39, 0.29) is 11.2 Å². The SMILES string of the molecule is CC1(C)CC(=O)/C(=C(/Cl)Cc2ccccc2)C1. The Hall–Kier alpha value is -1.08. The first-order valence-corrected chi connectivity index (χ1v) is 6.30. The van der Waals surface area contributed by atoms with Crippen LogP contribution in [0.25, 0.3) is 0 Å². The molecule has 0 atom stereocenters. The minimum absolute atomic E-state index is 0.0727. The van der Waals surface area contributed by atoms with Gasteiger partial charge in [0.15, 0.2) is 5.78 Å². The van der Waals surface area contributed by atoms with Gasteiger partial charge in [0.25, 0.3) is 0 Å². The zero-order valence-corrected chi connectivity index (χ0v) is 11.1. The summed E-state index contributed by atoms with van der Waals surface area (Å²) in [5.41, 5.74) is 2.06. The minimum atomic E-state index is 0.0727. The lowest BCUT2D eigenvalue weighted by Gasteiger charge is -2.13. The lowest BCUT2D eigenvalue weighted by Crippen LogP contribution is -2.04. The van der Waals surface area contributed by atoms with Crippen molar-refractivity contribution < 1.29 is 4.79 Å². The van der Waals surface area contributed by atoms with Gasteiger partial charge in [0.1, 0.15) is 0 Å². The number of ketones is 1. The number of hydrogen-bond donors (Lipinski definition) is 0. The fourth-order valence-electron chi connectivity index (χ4n) is 2.31. The molecule has 0 amide bonds. The molecule has 2 heteroatoms. The Labute approximate surface area is 107 Å². The minimum Gasteiger partial charge on any atom is -0.294 e. The van der Waals surface area contributed by atoms with E-state index in [0.29, 0.717) is 17.9 Å². The van der Waals surface area contributed by atoms with Crippen molar-refractivity contribution in [2.24, 2.45) is 5.41 Å². The zero-order chi connectivity index (χ0) is 12.5. The van der Waals surface area contributed by atoms with E-state index in [1.807, 2.05) is 30.3 Å². The average molecular weight is 249 g/mol. The largest absolute Gasteiger partial charge is 0.294 e. The maximum Gasteiger partial charge on any atom is 0.160 e. The molecule has 1 aliphatic rings. The first kappa shape index (κ1) is 12.4. The van der Waals surface area contributed by atoms with Gasteiger partial charge in [-0.3, -0.25) is 4.79 Å². The molecule has 0 aliphatic heterocycles. The third-order valence-corrected chi connectivity index (χ3v) is 3.52. The van der Waals surface area contributed by atoms with E-state index in [1.54, 1.807) is 0 Å². The standard InChI is InChI=1S/C15H17ClO/c1-15(2)9-12(14(17)10-15)13(16)8-11-6-4-3-5-7-11/h3-7H,8-10H2,1-2H3/b13-12+. The highest BCUT2D eigenvalue weighted by Gasteiger charge is 2.35. The van der Waals surface area contributed by atoms with Gasteiger partial charge in [-0.25, -0.2) is 0 Å². The average Bonchev–Trinajstić information content (AvgIpc) is 2.54. The maximum absolute atomic E-state index is 11.9. The molecule has 0 bridgehead atoms. The number of allylic oxidation sites excluding steroid dienone is 2. The molecule has 2 rings (SSSR count). The summed E-state index contributed by atoms with van der Waals surface area (Å²) in [5.74, 6) is 0.218. The molecule has 0 radical (unpaired) electrons. The molecule has 1 aliphatic carbocycles. The predicted octanol–water partition coefficient (Wildman–Crippen LogP) is 4.11. The van der Waals surface area contributed by atoms with Gasteiger partial charge in [-0.2, -0.15) is 0 Å². The van der Waals surface area contributed by atoms with Crippen LogP contribution in [0.3, 0.4) is 0 Å². The van der Waals surface area contributed by atoms with Gasteiger partial charge >= 0.3 is 0 Å². The Morgan fingerprint density at radius 2 is 1.88 bits per heavy atom. The molecule has 1 nitrogen and oxygen atoms in total. The van der Waals surface area contributed by atoms with Crippen LogP contribution in [0.2, 0.25) is 0 Å². The Kier molecular flexibility index (Phi) is 3.39. The number of rotatable bonds is 2. The van der Waals surface area contributed by atoms with Crippen molar-refractivity contribution in [3.8, 4) is 0 Å². The van der Waals surface area contributed by atoms with Crippen LogP contribution in [-0.2, 0) is 11.2 Å². The van der Waals surface area contributed by atoms with Gasteiger partial charge in [0.2, 0.25) is 0 Å². The molecular weight excluding hydrogens is 232 g/mol. The normalized spacial score (nSPS) is 21.7. The summed E-state index contributed by atoms with van der Waals surface area (Å²) in [4.78, 5) is 11.9. The number of carbonyl (C=O) groups excluding carboxylic acids is 1. The van der Waals surface area contributed by atoms with Crippen LogP contribution in [0.5, 0.6) is 0 Å². The summed E-state index contributed by atoms with van der Waals surface area (Å²) in [6, 6.07) is 10.0. The smallest absolute Gasteiger partial charge is 0.160 e. The topological polar surface area (TPSA) is 17.1 Å². The molecule has 17 heavy (non-hydrogen) atoms. The number of carbonyl (C=O) groups is 1. The molecule has 0 unspecified atom stereocenters. The number of Topliss-reactive ketones (excluding diaryl/α,β-unsaturated/α-hetero) is 1. The molecule has 1 aromatic rings. The Morgan fingerprint density at radius 1 is 1.24 bits per heavy atom. The first-order chi connectivity index (χ1) is 7.98. The maximum atomic E-state index is 11.9.